The quantitative estimate of drug-likeness (QED) is 0.522. The first kappa shape index (κ1) is 27.0. The highest BCUT2D eigenvalue weighted by Crippen LogP contribution is 2.43. The minimum atomic E-state index is -4.82. The molecule has 6 nitrogen and oxygen atoms in total. The summed E-state index contributed by atoms with van der Waals surface area (Å²) >= 11 is 0. The van der Waals surface area contributed by atoms with Crippen molar-refractivity contribution in [1.82, 2.24) is 10.2 Å². The lowest BCUT2D eigenvalue weighted by atomic mass is 9.67. The Morgan fingerprint density at radius 2 is 1.57 bits per heavy atom. The number of aliphatic hydroxyl groups is 1. The number of ether oxygens (including phenoxy) is 1. The molecule has 0 aromatic heterocycles. The van der Waals surface area contributed by atoms with Gasteiger partial charge in [0.05, 0.1) is 7.11 Å². The lowest BCUT2D eigenvalue weighted by Crippen LogP contribution is -2.49. The maximum atomic E-state index is 13.5. The normalized spacial score (nSPS) is 23.6. The Morgan fingerprint density at radius 1 is 1.00 bits per heavy atom. The van der Waals surface area contributed by atoms with Crippen LogP contribution in [0.4, 0.5) is 18.0 Å². The summed E-state index contributed by atoms with van der Waals surface area (Å²) in [5, 5.41) is 12.8. The van der Waals surface area contributed by atoms with Gasteiger partial charge in [-0.15, -0.1) is 0 Å². The van der Waals surface area contributed by atoms with Gasteiger partial charge in [0, 0.05) is 29.6 Å². The Bertz CT molecular complexity index is 1090. The van der Waals surface area contributed by atoms with Gasteiger partial charge in [0.1, 0.15) is 0 Å². The number of alkyl carbamates (subject to hydrolysis) is 1. The van der Waals surface area contributed by atoms with Crippen molar-refractivity contribution in [3.05, 3.63) is 71.3 Å². The van der Waals surface area contributed by atoms with Gasteiger partial charge >= 0.3 is 12.3 Å². The Morgan fingerprint density at radius 3 is 2.08 bits per heavy atom. The van der Waals surface area contributed by atoms with E-state index >= 15 is 0 Å². The number of benzene rings is 2. The molecule has 2 amide bonds. The van der Waals surface area contributed by atoms with Gasteiger partial charge in [-0.05, 0) is 68.7 Å². The SMILES string of the molecule is COC(=O)NCC1(c2ccccc2)CCC(N(C(=O)c2ccc(C(C)(O)C(F)(F)F)cc2)C2CC2)CC1. The number of amides is 2. The van der Waals surface area contributed by atoms with E-state index in [1.54, 1.807) is 0 Å². The van der Waals surface area contributed by atoms with Gasteiger partial charge in [0.2, 0.25) is 0 Å². The van der Waals surface area contributed by atoms with Gasteiger partial charge in [-0.25, -0.2) is 4.79 Å². The first-order chi connectivity index (χ1) is 17.5. The van der Waals surface area contributed by atoms with E-state index in [1.165, 1.54) is 31.4 Å². The van der Waals surface area contributed by atoms with E-state index in [9.17, 15) is 27.9 Å². The zero-order valence-electron chi connectivity index (χ0n) is 21.1. The molecule has 200 valence electrons. The summed E-state index contributed by atoms with van der Waals surface area (Å²) in [6.45, 7) is 1.13. The van der Waals surface area contributed by atoms with Crippen molar-refractivity contribution in [3.63, 3.8) is 0 Å². The molecule has 2 saturated carbocycles. The van der Waals surface area contributed by atoms with Crippen LogP contribution >= 0.6 is 0 Å². The highest BCUT2D eigenvalue weighted by atomic mass is 19.4. The minimum Gasteiger partial charge on any atom is -0.453 e. The maximum Gasteiger partial charge on any atom is 0.421 e. The molecule has 0 radical (unpaired) electrons. The summed E-state index contributed by atoms with van der Waals surface area (Å²) in [5.41, 5.74) is -2.15. The molecule has 0 heterocycles. The first-order valence-corrected chi connectivity index (χ1v) is 12.6. The third-order valence-corrected chi connectivity index (χ3v) is 7.87. The highest BCUT2D eigenvalue weighted by Gasteiger charge is 2.51. The molecule has 0 spiro atoms. The summed E-state index contributed by atoms with van der Waals surface area (Å²) in [6.07, 6.45) is -0.519. The maximum absolute atomic E-state index is 13.5. The number of carbonyl (C=O) groups is 2. The van der Waals surface area contributed by atoms with E-state index in [4.69, 9.17) is 4.74 Å². The molecule has 1 unspecified atom stereocenters. The third kappa shape index (κ3) is 5.61. The summed E-state index contributed by atoms with van der Waals surface area (Å²) in [5.74, 6) is -0.203. The fraction of sp³-hybridized carbons (Fsp3) is 0.500. The van der Waals surface area contributed by atoms with Crippen LogP contribution in [0.25, 0.3) is 0 Å². The predicted octanol–water partition coefficient (Wildman–Crippen LogP) is 5.30. The Labute approximate surface area is 214 Å². The standard InChI is InChI=1S/C28H33F3N2O4/c1-26(36,28(29,30)31)20-10-8-19(9-11-20)24(34)33(22-12-13-22)23-14-16-27(17-15-23,18-32-25(35)37-2)21-6-4-3-5-7-21/h3-11,22-23,36H,12-18H2,1-2H3,(H,32,35). The minimum absolute atomic E-state index is 0.00655. The second-order valence-electron chi connectivity index (χ2n) is 10.3. The van der Waals surface area contributed by atoms with Crippen molar-refractivity contribution >= 4 is 12.0 Å². The van der Waals surface area contributed by atoms with E-state index in [0.29, 0.717) is 19.0 Å². The monoisotopic (exact) mass is 518 g/mol. The second kappa shape index (κ2) is 10.4. The summed E-state index contributed by atoms with van der Waals surface area (Å²) in [7, 11) is 1.33. The highest BCUT2D eigenvalue weighted by molar-refractivity contribution is 5.95. The number of hydrogen-bond acceptors (Lipinski definition) is 4. The summed E-state index contributed by atoms with van der Waals surface area (Å²) in [4.78, 5) is 27.3. The van der Waals surface area contributed by atoms with E-state index in [2.05, 4.69) is 17.4 Å². The lowest BCUT2D eigenvalue weighted by molar-refractivity contribution is -0.258. The van der Waals surface area contributed by atoms with Gasteiger partial charge in [-0.3, -0.25) is 4.79 Å². The third-order valence-electron chi connectivity index (χ3n) is 7.87. The molecule has 0 bridgehead atoms. The first-order valence-electron chi connectivity index (χ1n) is 12.6. The Hall–Kier alpha value is -3.07. The van der Waals surface area contributed by atoms with Crippen LogP contribution < -0.4 is 5.32 Å². The van der Waals surface area contributed by atoms with Crippen LogP contribution in [0.1, 0.15) is 66.9 Å². The fourth-order valence-corrected chi connectivity index (χ4v) is 5.34. The van der Waals surface area contributed by atoms with Crippen LogP contribution in [0.3, 0.4) is 0 Å². The van der Waals surface area contributed by atoms with E-state index < -0.39 is 17.9 Å². The largest absolute Gasteiger partial charge is 0.453 e. The topological polar surface area (TPSA) is 78.9 Å². The van der Waals surface area contributed by atoms with Crippen LogP contribution in [-0.4, -0.2) is 53.9 Å². The van der Waals surface area contributed by atoms with Crippen molar-refractivity contribution in [2.24, 2.45) is 0 Å². The van der Waals surface area contributed by atoms with Gasteiger partial charge < -0.3 is 20.1 Å². The second-order valence-corrected chi connectivity index (χ2v) is 10.3. The number of methoxy groups -OCH3 is 1. The summed E-state index contributed by atoms with van der Waals surface area (Å²) in [6, 6.07) is 15.2. The zero-order valence-corrected chi connectivity index (χ0v) is 21.1. The smallest absolute Gasteiger partial charge is 0.421 e. The molecule has 0 aliphatic heterocycles. The Balaban J connectivity index is 1.51. The molecule has 1 atom stereocenters. The predicted molar refractivity (Wildman–Crippen MR) is 132 cm³/mol. The molecular formula is C28H33F3N2O4. The number of alkyl halides is 3. The van der Waals surface area contributed by atoms with E-state index in [-0.39, 0.29) is 29.0 Å². The number of carbonyl (C=O) groups excluding carboxylic acids is 2. The molecule has 37 heavy (non-hydrogen) atoms. The van der Waals surface area contributed by atoms with Gasteiger partial charge in [0.25, 0.3) is 5.91 Å². The zero-order chi connectivity index (χ0) is 26.8. The van der Waals surface area contributed by atoms with E-state index in [0.717, 1.165) is 44.1 Å². The molecule has 4 rings (SSSR count). The molecule has 2 aromatic rings. The van der Waals surface area contributed by atoms with Crippen molar-refractivity contribution in [1.29, 1.82) is 0 Å². The Kier molecular flexibility index (Phi) is 7.55. The van der Waals surface area contributed by atoms with Crippen LogP contribution in [0.5, 0.6) is 0 Å². The number of rotatable bonds is 7. The lowest BCUT2D eigenvalue weighted by Gasteiger charge is -2.44. The van der Waals surface area contributed by atoms with Crippen LogP contribution in [0, 0.1) is 0 Å². The van der Waals surface area contributed by atoms with Crippen molar-refractivity contribution < 1.29 is 32.6 Å². The molecular weight excluding hydrogens is 485 g/mol. The molecule has 2 aromatic carbocycles. The van der Waals surface area contributed by atoms with Crippen LogP contribution in [0.15, 0.2) is 54.6 Å². The molecule has 9 heteroatoms. The van der Waals surface area contributed by atoms with Crippen molar-refractivity contribution in [3.8, 4) is 0 Å². The van der Waals surface area contributed by atoms with Gasteiger partial charge in [0.15, 0.2) is 5.60 Å². The molecule has 2 fully saturated rings. The van der Waals surface area contributed by atoms with Gasteiger partial charge in [-0.2, -0.15) is 13.2 Å². The number of halogens is 3. The molecule has 2 aliphatic rings. The molecule has 2 N–H and O–H groups in total. The molecule has 0 saturated heterocycles. The van der Waals surface area contributed by atoms with Crippen LogP contribution in [0.2, 0.25) is 0 Å². The number of nitrogens with zero attached hydrogens (tertiary/aromatic N) is 1. The summed E-state index contributed by atoms with van der Waals surface area (Å²) < 4.78 is 44.4. The van der Waals surface area contributed by atoms with Crippen LogP contribution in [-0.2, 0) is 15.8 Å². The van der Waals surface area contributed by atoms with Gasteiger partial charge in [-0.1, -0.05) is 42.5 Å². The average molecular weight is 519 g/mol. The molecule has 2 aliphatic carbocycles. The number of nitrogens with one attached hydrogen (secondary N) is 1. The fourth-order valence-electron chi connectivity index (χ4n) is 5.34. The van der Waals surface area contributed by atoms with Crippen molar-refractivity contribution in [2.75, 3.05) is 13.7 Å². The number of hydrogen-bond donors (Lipinski definition) is 2. The van der Waals surface area contributed by atoms with E-state index in [1.807, 2.05) is 23.1 Å². The average Bonchev–Trinajstić information content (AvgIpc) is 3.73. The van der Waals surface area contributed by atoms with Crippen molar-refractivity contribution in [2.45, 2.75) is 74.7 Å².